The van der Waals surface area contributed by atoms with E-state index in [-0.39, 0.29) is 0 Å². The van der Waals surface area contributed by atoms with Crippen molar-refractivity contribution >= 4 is 15.9 Å². The summed E-state index contributed by atoms with van der Waals surface area (Å²) in [7, 11) is 0. The summed E-state index contributed by atoms with van der Waals surface area (Å²) in [5.74, 6) is 0. The summed E-state index contributed by atoms with van der Waals surface area (Å²) < 4.78 is 0. The molecule has 0 N–H and O–H groups in total. The van der Waals surface area contributed by atoms with Gasteiger partial charge in [-0.15, -0.1) is 0 Å². The van der Waals surface area contributed by atoms with Crippen LogP contribution in [0.3, 0.4) is 0 Å². The molecule has 0 aromatic heterocycles. The van der Waals surface area contributed by atoms with Crippen LogP contribution in [-0.2, 0) is 0 Å². The van der Waals surface area contributed by atoms with Crippen molar-refractivity contribution in [3.63, 3.8) is 0 Å². The molecule has 0 aliphatic heterocycles. The van der Waals surface area contributed by atoms with E-state index in [1.807, 2.05) is 6.08 Å². The zero-order valence-electron chi connectivity index (χ0n) is 4.73. The van der Waals surface area contributed by atoms with Crippen molar-refractivity contribution in [3.05, 3.63) is 37.0 Å². The average Bonchev–Trinajstić information content (AvgIpc) is 1.83. The third-order valence-electron chi connectivity index (χ3n) is 0.748. The molecule has 0 saturated carbocycles. The number of hydrogen-bond donors (Lipinski definition) is 0. The molecule has 0 amide bonds. The summed E-state index contributed by atoms with van der Waals surface area (Å²) in [4.78, 5) is 0. The second-order valence-corrected chi connectivity index (χ2v) is 1.88. The molecule has 0 spiro atoms. The van der Waals surface area contributed by atoms with Crippen LogP contribution in [0.15, 0.2) is 37.0 Å². The highest BCUT2D eigenvalue weighted by atomic mass is 79.9. The normalized spacial score (nSPS) is 10.9. The van der Waals surface area contributed by atoms with Gasteiger partial charge in [0, 0.05) is 5.33 Å². The van der Waals surface area contributed by atoms with Gasteiger partial charge >= 0.3 is 0 Å². The first-order valence-corrected chi connectivity index (χ1v) is 3.47. The van der Waals surface area contributed by atoms with Crippen LogP contribution in [0.5, 0.6) is 0 Å². The van der Waals surface area contributed by atoms with Gasteiger partial charge in [-0.2, -0.15) is 0 Å². The zero-order valence-corrected chi connectivity index (χ0v) is 6.32. The molecular formula is C7H9Br. The number of allylic oxidation sites excluding steroid dienone is 4. The Kier molecular flexibility index (Phi) is 4.67. The molecule has 8 heavy (non-hydrogen) atoms. The molecular weight excluding hydrogens is 164 g/mol. The lowest BCUT2D eigenvalue weighted by Gasteiger charge is -1.87. The monoisotopic (exact) mass is 172 g/mol. The standard InChI is InChI=1S/C7H9Br/c1-3-5-7(4-2)6-8/h3-5H,1-2,6H2. The Bertz CT molecular complexity index is 112. The molecule has 44 valence electrons. The maximum absolute atomic E-state index is 3.60. The van der Waals surface area contributed by atoms with Crippen molar-refractivity contribution in [1.82, 2.24) is 0 Å². The van der Waals surface area contributed by atoms with Crippen molar-refractivity contribution in [2.75, 3.05) is 5.33 Å². The highest BCUT2D eigenvalue weighted by Crippen LogP contribution is 1.99. The SMILES string of the molecule is C=CC=C(C=C)CBr. The molecule has 0 aromatic rings. The van der Waals surface area contributed by atoms with Crippen molar-refractivity contribution in [2.45, 2.75) is 0 Å². The third-order valence-corrected chi connectivity index (χ3v) is 1.40. The number of hydrogen-bond acceptors (Lipinski definition) is 0. The highest BCUT2D eigenvalue weighted by molar-refractivity contribution is 9.09. The second-order valence-electron chi connectivity index (χ2n) is 1.32. The molecule has 0 fully saturated rings. The Morgan fingerprint density at radius 3 is 2.25 bits per heavy atom. The Morgan fingerprint density at radius 1 is 1.50 bits per heavy atom. The summed E-state index contributed by atoms with van der Waals surface area (Å²) in [6.07, 6.45) is 5.47. The van der Waals surface area contributed by atoms with Crippen LogP contribution in [0.2, 0.25) is 0 Å². The van der Waals surface area contributed by atoms with E-state index in [4.69, 9.17) is 0 Å². The first kappa shape index (κ1) is 7.70. The van der Waals surface area contributed by atoms with Crippen LogP contribution < -0.4 is 0 Å². The molecule has 0 aromatic carbocycles. The lowest BCUT2D eigenvalue weighted by atomic mass is 10.3. The lowest BCUT2D eigenvalue weighted by Crippen LogP contribution is -1.73. The van der Waals surface area contributed by atoms with Gasteiger partial charge in [0.05, 0.1) is 0 Å². The minimum Gasteiger partial charge on any atom is -0.0991 e. The van der Waals surface area contributed by atoms with E-state index in [0.717, 1.165) is 10.9 Å². The van der Waals surface area contributed by atoms with Crippen molar-refractivity contribution < 1.29 is 0 Å². The molecule has 1 heteroatoms. The fourth-order valence-corrected chi connectivity index (χ4v) is 0.734. The Hall–Kier alpha value is -0.300. The van der Waals surface area contributed by atoms with Crippen LogP contribution in [0, 0.1) is 0 Å². The molecule has 0 radical (unpaired) electrons. The molecule has 0 nitrogen and oxygen atoms in total. The van der Waals surface area contributed by atoms with E-state index in [9.17, 15) is 0 Å². The molecule has 0 saturated heterocycles. The van der Waals surface area contributed by atoms with E-state index in [2.05, 4.69) is 29.1 Å². The van der Waals surface area contributed by atoms with Crippen LogP contribution in [0.4, 0.5) is 0 Å². The summed E-state index contributed by atoms with van der Waals surface area (Å²) >= 11 is 3.29. The highest BCUT2D eigenvalue weighted by Gasteiger charge is 1.80. The van der Waals surface area contributed by atoms with Crippen molar-refractivity contribution in [2.24, 2.45) is 0 Å². The van der Waals surface area contributed by atoms with E-state index >= 15 is 0 Å². The third kappa shape index (κ3) is 2.80. The van der Waals surface area contributed by atoms with E-state index in [1.54, 1.807) is 12.2 Å². The maximum atomic E-state index is 3.60. The smallest absolute Gasteiger partial charge is 0.0282 e. The van der Waals surface area contributed by atoms with Gasteiger partial charge in [-0.1, -0.05) is 47.3 Å². The van der Waals surface area contributed by atoms with Gasteiger partial charge in [0.15, 0.2) is 0 Å². The summed E-state index contributed by atoms with van der Waals surface area (Å²) in [5, 5.41) is 0.850. The van der Waals surface area contributed by atoms with Crippen molar-refractivity contribution in [1.29, 1.82) is 0 Å². The van der Waals surface area contributed by atoms with Crippen LogP contribution in [0.1, 0.15) is 0 Å². The predicted octanol–water partition coefficient (Wildman–Crippen LogP) is 2.68. The predicted molar refractivity (Wildman–Crippen MR) is 42.3 cm³/mol. The first-order valence-electron chi connectivity index (χ1n) is 2.35. The minimum atomic E-state index is 0.850. The number of halogens is 1. The summed E-state index contributed by atoms with van der Waals surface area (Å²) in [5.41, 5.74) is 1.15. The van der Waals surface area contributed by atoms with Gasteiger partial charge in [-0.3, -0.25) is 0 Å². The summed E-state index contributed by atoms with van der Waals surface area (Å²) in [6.45, 7) is 7.16. The Balaban J connectivity index is 3.84. The number of alkyl halides is 1. The first-order chi connectivity index (χ1) is 3.85. The van der Waals surface area contributed by atoms with Gasteiger partial charge in [-0.05, 0) is 5.57 Å². The topological polar surface area (TPSA) is 0 Å². The van der Waals surface area contributed by atoms with Gasteiger partial charge in [0.1, 0.15) is 0 Å². The average molecular weight is 173 g/mol. The second kappa shape index (κ2) is 4.85. The number of rotatable bonds is 3. The van der Waals surface area contributed by atoms with Crippen LogP contribution >= 0.6 is 15.9 Å². The fourth-order valence-electron chi connectivity index (χ4n) is 0.319. The molecule has 0 heterocycles. The molecule has 0 aliphatic carbocycles. The molecule has 0 unspecified atom stereocenters. The Labute approximate surface area is 58.7 Å². The maximum Gasteiger partial charge on any atom is 0.0282 e. The fraction of sp³-hybridized carbons (Fsp3) is 0.143. The van der Waals surface area contributed by atoms with E-state index in [0.29, 0.717) is 0 Å². The van der Waals surface area contributed by atoms with Crippen LogP contribution in [-0.4, -0.2) is 5.33 Å². The summed E-state index contributed by atoms with van der Waals surface area (Å²) in [6, 6.07) is 0. The quantitative estimate of drug-likeness (QED) is 0.454. The van der Waals surface area contributed by atoms with Crippen LogP contribution in [0.25, 0.3) is 0 Å². The molecule has 0 aliphatic rings. The van der Waals surface area contributed by atoms with Gasteiger partial charge in [-0.25, -0.2) is 0 Å². The van der Waals surface area contributed by atoms with E-state index in [1.165, 1.54) is 0 Å². The Morgan fingerprint density at radius 2 is 2.12 bits per heavy atom. The molecule has 0 atom stereocenters. The lowest BCUT2D eigenvalue weighted by molar-refractivity contribution is 1.58. The largest absolute Gasteiger partial charge is 0.0991 e. The molecule has 0 bridgehead atoms. The van der Waals surface area contributed by atoms with Gasteiger partial charge in [0.2, 0.25) is 0 Å². The van der Waals surface area contributed by atoms with E-state index < -0.39 is 0 Å². The zero-order chi connectivity index (χ0) is 6.41. The minimum absolute atomic E-state index is 0.850. The van der Waals surface area contributed by atoms with Gasteiger partial charge in [0.25, 0.3) is 0 Å². The molecule has 0 rings (SSSR count). The van der Waals surface area contributed by atoms with Gasteiger partial charge < -0.3 is 0 Å². The van der Waals surface area contributed by atoms with Crippen molar-refractivity contribution in [3.8, 4) is 0 Å².